The Labute approximate surface area is 107 Å². The lowest BCUT2D eigenvalue weighted by atomic mass is 10.2. The molecule has 5 nitrogen and oxygen atoms in total. The van der Waals surface area contributed by atoms with E-state index in [-0.39, 0.29) is 5.91 Å². The second-order valence-electron chi connectivity index (χ2n) is 4.28. The first-order valence-electron chi connectivity index (χ1n) is 6.24. The molecule has 0 saturated carbocycles. The molecule has 18 heavy (non-hydrogen) atoms. The quantitative estimate of drug-likeness (QED) is 0.784. The van der Waals surface area contributed by atoms with Gasteiger partial charge in [-0.15, -0.1) is 0 Å². The molecule has 0 aromatic heterocycles. The van der Waals surface area contributed by atoms with Crippen molar-refractivity contribution in [3.63, 3.8) is 0 Å². The lowest BCUT2D eigenvalue weighted by Gasteiger charge is -2.22. The van der Waals surface area contributed by atoms with Crippen LogP contribution in [0.3, 0.4) is 0 Å². The van der Waals surface area contributed by atoms with E-state index in [9.17, 15) is 4.79 Å². The number of amides is 1. The number of nitrogens with zero attached hydrogens (tertiary/aromatic N) is 1. The summed E-state index contributed by atoms with van der Waals surface area (Å²) < 4.78 is 5.47. The molecule has 1 aliphatic rings. The van der Waals surface area contributed by atoms with E-state index in [0.29, 0.717) is 24.6 Å². The third-order valence-corrected chi connectivity index (χ3v) is 2.92. The smallest absolute Gasteiger partial charge is 0.239 e. The van der Waals surface area contributed by atoms with Crippen LogP contribution in [0, 0.1) is 0 Å². The number of nitrogen functional groups attached to an aromatic ring is 1. The van der Waals surface area contributed by atoms with Crippen molar-refractivity contribution in [1.82, 2.24) is 5.32 Å². The number of anilines is 2. The first-order chi connectivity index (χ1) is 8.70. The highest BCUT2D eigenvalue weighted by atomic mass is 16.5. The average molecular weight is 249 g/mol. The monoisotopic (exact) mass is 249 g/mol. The van der Waals surface area contributed by atoms with Crippen LogP contribution in [0.5, 0.6) is 5.75 Å². The molecule has 0 aliphatic carbocycles. The van der Waals surface area contributed by atoms with Gasteiger partial charge in [0.1, 0.15) is 5.75 Å². The summed E-state index contributed by atoms with van der Waals surface area (Å²) in [5.74, 6) is 0.738. The van der Waals surface area contributed by atoms with Gasteiger partial charge in [0.15, 0.2) is 0 Å². The number of carbonyl (C=O) groups is 1. The van der Waals surface area contributed by atoms with E-state index in [1.807, 2.05) is 30.0 Å². The highest BCUT2D eigenvalue weighted by molar-refractivity contribution is 5.82. The fraction of sp³-hybridized carbons (Fsp3) is 0.462. The SMILES string of the molecule is CCOc1cc(N2CCCNC(=O)C2)ccc1N. The minimum atomic E-state index is 0.0577. The van der Waals surface area contributed by atoms with Gasteiger partial charge < -0.3 is 20.7 Å². The van der Waals surface area contributed by atoms with Gasteiger partial charge in [0.2, 0.25) is 5.91 Å². The Bertz CT molecular complexity index is 434. The second-order valence-corrected chi connectivity index (χ2v) is 4.28. The molecule has 0 unspecified atom stereocenters. The minimum Gasteiger partial charge on any atom is -0.492 e. The zero-order chi connectivity index (χ0) is 13.0. The summed E-state index contributed by atoms with van der Waals surface area (Å²) >= 11 is 0. The molecule has 0 spiro atoms. The molecule has 0 atom stereocenters. The molecule has 1 heterocycles. The second kappa shape index (κ2) is 5.62. The molecule has 1 amide bonds. The Kier molecular flexibility index (Phi) is 3.92. The summed E-state index contributed by atoms with van der Waals surface area (Å²) in [6.45, 7) is 4.48. The molecule has 1 fully saturated rings. The fourth-order valence-corrected chi connectivity index (χ4v) is 2.03. The van der Waals surface area contributed by atoms with Gasteiger partial charge in [0.25, 0.3) is 0 Å². The van der Waals surface area contributed by atoms with Crippen LogP contribution in [0.1, 0.15) is 13.3 Å². The number of nitrogens with two attached hydrogens (primary N) is 1. The molecule has 0 radical (unpaired) electrons. The maximum Gasteiger partial charge on any atom is 0.239 e. The van der Waals surface area contributed by atoms with E-state index >= 15 is 0 Å². The highest BCUT2D eigenvalue weighted by Crippen LogP contribution is 2.28. The molecular weight excluding hydrogens is 230 g/mol. The van der Waals surface area contributed by atoms with Gasteiger partial charge in [0, 0.05) is 24.8 Å². The molecule has 0 bridgehead atoms. The topological polar surface area (TPSA) is 67.6 Å². The van der Waals surface area contributed by atoms with Crippen molar-refractivity contribution < 1.29 is 9.53 Å². The summed E-state index contributed by atoms with van der Waals surface area (Å²) in [7, 11) is 0. The molecule has 1 aliphatic heterocycles. The molecular formula is C13H19N3O2. The number of hydrogen-bond acceptors (Lipinski definition) is 4. The predicted molar refractivity (Wildman–Crippen MR) is 71.9 cm³/mol. The number of rotatable bonds is 3. The van der Waals surface area contributed by atoms with Crippen LogP contribution in [0.2, 0.25) is 0 Å². The van der Waals surface area contributed by atoms with Gasteiger partial charge in [-0.3, -0.25) is 4.79 Å². The summed E-state index contributed by atoms with van der Waals surface area (Å²) in [5.41, 5.74) is 7.44. The van der Waals surface area contributed by atoms with Crippen molar-refractivity contribution in [2.75, 3.05) is 36.9 Å². The number of benzene rings is 1. The lowest BCUT2D eigenvalue weighted by molar-refractivity contribution is -0.119. The van der Waals surface area contributed by atoms with Crippen molar-refractivity contribution in [3.8, 4) is 5.75 Å². The van der Waals surface area contributed by atoms with Gasteiger partial charge in [-0.25, -0.2) is 0 Å². The first kappa shape index (κ1) is 12.5. The highest BCUT2D eigenvalue weighted by Gasteiger charge is 2.16. The van der Waals surface area contributed by atoms with Crippen LogP contribution in [0.4, 0.5) is 11.4 Å². The maximum absolute atomic E-state index is 11.5. The van der Waals surface area contributed by atoms with Crippen molar-refractivity contribution >= 4 is 17.3 Å². The average Bonchev–Trinajstić information content (AvgIpc) is 2.57. The summed E-state index contributed by atoms with van der Waals surface area (Å²) in [5, 5.41) is 2.86. The largest absolute Gasteiger partial charge is 0.492 e. The van der Waals surface area contributed by atoms with Crippen molar-refractivity contribution in [2.24, 2.45) is 0 Å². The van der Waals surface area contributed by atoms with E-state index in [0.717, 1.165) is 25.2 Å². The van der Waals surface area contributed by atoms with E-state index in [4.69, 9.17) is 10.5 Å². The Morgan fingerprint density at radius 3 is 3.11 bits per heavy atom. The van der Waals surface area contributed by atoms with Crippen molar-refractivity contribution in [3.05, 3.63) is 18.2 Å². The Morgan fingerprint density at radius 1 is 1.50 bits per heavy atom. The summed E-state index contributed by atoms with van der Waals surface area (Å²) in [4.78, 5) is 13.6. The molecule has 1 aromatic rings. The van der Waals surface area contributed by atoms with Gasteiger partial charge in [0.05, 0.1) is 18.8 Å². The van der Waals surface area contributed by atoms with Crippen LogP contribution >= 0.6 is 0 Å². The molecule has 2 rings (SSSR count). The third kappa shape index (κ3) is 2.85. The van der Waals surface area contributed by atoms with Crippen LogP contribution in [0.15, 0.2) is 18.2 Å². The fourth-order valence-electron chi connectivity index (χ4n) is 2.03. The summed E-state index contributed by atoms with van der Waals surface area (Å²) in [6, 6.07) is 5.65. The lowest BCUT2D eigenvalue weighted by Crippen LogP contribution is -2.33. The summed E-state index contributed by atoms with van der Waals surface area (Å²) in [6.07, 6.45) is 0.945. The maximum atomic E-state index is 11.5. The van der Waals surface area contributed by atoms with Crippen LogP contribution < -0.4 is 20.7 Å². The molecule has 3 N–H and O–H groups in total. The molecule has 98 valence electrons. The zero-order valence-corrected chi connectivity index (χ0v) is 10.6. The van der Waals surface area contributed by atoms with Gasteiger partial charge >= 0.3 is 0 Å². The third-order valence-electron chi connectivity index (χ3n) is 2.92. The number of ether oxygens (including phenoxy) is 1. The van der Waals surface area contributed by atoms with Gasteiger partial charge in [-0.05, 0) is 25.5 Å². The van der Waals surface area contributed by atoms with E-state index < -0.39 is 0 Å². The predicted octanol–water partition coefficient (Wildman–Crippen LogP) is 0.994. The number of nitrogens with one attached hydrogen (secondary N) is 1. The minimum absolute atomic E-state index is 0.0577. The zero-order valence-electron chi connectivity index (χ0n) is 10.6. The standard InChI is InChI=1S/C13H19N3O2/c1-2-18-12-8-10(4-5-11(12)14)16-7-3-6-15-13(17)9-16/h4-5,8H,2-3,6-7,9,14H2,1H3,(H,15,17). The van der Waals surface area contributed by atoms with Gasteiger partial charge in [-0.1, -0.05) is 0 Å². The molecule has 1 saturated heterocycles. The van der Waals surface area contributed by atoms with E-state index in [1.165, 1.54) is 0 Å². The number of carbonyl (C=O) groups excluding carboxylic acids is 1. The van der Waals surface area contributed by atoms with Crippen LogP contribution in [0.25, 0.3) is 0 Å². The molecule has 1 aromatic carbocycles. The van der Waals surface area contributed by atoms with Crippen molar-refractivity contribution in [2.45, 2.75) is 13.3 Å². The Balaban J connectivity index is 2.21. The number of hydrogen-bond donors (Lipinski definition) is 2. The van der Waals surface area contributed by atoms with Crippen molar-refractivity contribution in [1.29, 1.82) is 0 Å². The van der Waals surface area contributed by atoms with Crippen LogP contribution in [-0.4, -0.2) is 32.1 Å². The van der Waals surface area contributed by atoms with E-state index in [2.05, 4.69) is 5.32 Å². The van der Waals surface area contributed by atoms with Gasteiger partial charge in [-0.2, -0.15) is 0 Å². The first-order valence-corrected chi connectivity index (χ1v) is 6.24. The normalized spacial score (nSPS) is 16.1. The Hall–Kier alpha value is -1.91. The van der Waals surface area contributed by atoms with E-state index in [1.54, 1.807) is 0 Å². The molecule has 5 heteroatoms. The van der Waals surface area contributed by atoms with Crippen LogP contribution in [-0.2, 0) is 4.79 Å². The Morgan fingerprint density at radius 2 is 2.33 bits per heavy atom.